The molecule has 0 amide bonds. The van der Waals surface area contributed by atoms with Gasteiger partial charge in [-0.05, 0) is 46.3 Å². The summed E-state index contributed by atoms with van der Waals surface area (Å²) in [5.74, 6) is -0.422. The molecular weight excluding hydrogens is 256 g/mol. The van der Waals surface area contributed by atoms with Crippen molar-refractivity contribution in [2.45, 2.75) is 32.7 Å². The van der Waals surface area contributed by atoms with Crippen molar-refractivity contribution in [2.75, 3.05) is 32.1 Å². The van der Waals surface area contributed by atoms with Gasteiger partial charge in [-0.25, -0.2) is 4.79 Å². The van der Waals surface area contributed by atoms with Crippen molar-refractivity contribution in [3.05, 3.63) is 16.8 Å². The first-order valence-electron chi connectivity index (χ1n) is 6.90. The Morgan fingerprint density at radius 3 is 2.65 bits per heavy atom. The van der Waals surface area contributed by atoms with Gasteiger partial charge in [0.1, 0.15) is 5.56 Å². The summed E-state index contributed by atoms with van der Waals surface area (Å²) in [6, 6.07) is 0.425. The van der Waals surface area contributed by atoms with Gasteiger partial charge in [-0.1, -0.05) is 0 Å². The van der Waals surface area contributed by atoms with Crippen LogP contribution in [0.1, 0.15) is 34.5 Å². The normalized spacial score (nSPS) is 19.4. The highest BCUT2D eigenvalue weighted by Gasteiger charge is 2.27. The highest BCUT2D eigenvalue weighted by atomic mass is 16.4. The Bertz CT molecular complexity index is 516. The summed E-state index contributed by atoms with van der Waals surface area (Å²) in [6.45, 7) is 5.22. The Labute approximate surface area is 119 Å². The number of anilines is 1. The predicted molar refractivity (Wildman–Crippen MR) is 77.4 cm³/mol. The van der Waals surface area contributed by atoms with Gasteiger partial charge < -0.3 is 14.9 Å². The third kappa shape index (κ3) is 2.75. The number of carbonyl (C=O) groups is 1. The van der Waals surface area contributed by atoms with E-state index in [4.69, 9.17) is 0 Å². The van der Waals surface area contributed by atoms with Crippen molar-refractivity contribution in [1.82, 2.24) is 15.1 Å². The van der Waals surface area contributed by atoms with Crippen LogP contribution >= 0.6 is 0 Å². The zero-order valence-corrected chi connectivity index (χ0v) is 12.6. The van der Waals surface area contributed by atoms with Crippen LogP contribution in [0.2, 0.25) is 0 Å². The van der Waals surface area contributed by atoms with Gasteiger partial charge in [0, 0.05) is 19.1 Å². The fourth-order valence-corrected chi connectivity index (χ4v) is 2.64. The molecule has 0 bridgehead atoms. The number of nitrogens with zero attached hydrogens (tertiary/aromatic N) is 4. The molecule has 1 aliphatic heterocycles. The summed E-state index contributed by atoms with van der Waals surface area (Å²) < 4.78 is 0. The van der Waals surface area contributed by atoms with Gasteiger partial charge in [-0.2, -0.15) is 5.10 Å². The molecule has 1 saturated heterocycles. The van der Waals surface area contributed by atoms with Crippen molar-refractivity contribution in [1.29, 1.82) is 0 Å². The second kappa shape index (κ2) is 5.75. The van der Waals surface area contributed by atoms with E-state index in [0.29, 0.717) is 23.1 Å². The molecule has 20 heavy (non-hydrogen) atoms. The minimum absolute atomic E-state index is 0.289. The van der Waals surface area contributed by atoms with Crippen LogP contribution in [-0.2, 0) is 0 Å². The number of likely N-dealkylation sites (N-methyl/N-ethyl adjacent to an activating group) is 1. The maximum atomic E-state index is 11.5. The minimum Gasteiger partial charge on any atom is -0.478 e. The lowest BCUT2D eigenvalue weighted by Crippen LogP contribution is -2.46. The number of aryl methyl sites for hydroxylation is 1. The van der Waals surface area contributed by atoms with Gasteiger partial charge in [0.05, 0.1) is 5.69 Å². The second-order valence-electron chi connectivity index (χ2n) is 5.62. The van der Waals surface area contributed by atoms with Crippen LogP contribution in [0.4, 0.5) is 5.82 Å². The highest BCUT2D eigenvalue weighted by molar-refractivity contribution is 5.95. The molecule has 0 aromatic carbocycles. The molecule has 1 fully saturated rings. The average molecular weight is 278 g/mol. The molecule has 1 atom stereocenters. The lowest BCUT2D eigenvalue weighted by atomic mass is 10.0. The van der Waals surface area contributed by atoms with E-state index < -0.39 is 5.97 Å². The van der Waals surface area contributed by atoms with Crippen LogP contribution in [0.3, 0.4) is 0 Å². The molecule has 1 unspecified atom stereocenters. The smallest absolute Gasteiger partial charge is 0.339 e. The Balaban J connectivity index is 2.37. The third-order valence-corrected chi connectivity index (χ3v) is 4.08. The van der Waals surface area contributed by atoms with Crippen LogP contribution in [0.25, 0.3) is 0 Å². The standard InChI is InChI=1S/C14H22N4O2/c1-9-10(2)15-16-13(12(9)14(19)20)18-7-5-6-11(8-18)17(3)4/h11H,5-8H2,1-4H3,(H,19,20). The molecule has 6 heteroatoms. The fraction of sp³-hybridized carbons (Fsp3) is 0.643. The molecule has 0 saturated carbocycles. The molecule has 2 rings (SSSR count). The van der Waals surface area contributed by atoms with Gasteiger partial charge in [0.25, 0.3) is 0 Å². The number of carboxylic acid groups (broad SMARTS) is 1. The van der Waals surface area contributed by atoms with Crippen LogP contribution in [0, 0.1) is 13.8 Å². The third-order valence-electron chi connectivity index (χ3n) is 4.08. The maximum absolute atomic E-state index is 11.5. The van der Waals surface area contributed by atoms with Crippen LogP contribution in [0.5, 0.6) is 0 Å². The molecule has 0 radical (unpaired) electrons. The Kier molecular flexibility index (Phi) is 4.23. The van der Waals surface area contributed by atoms with Crippen molar-refractivity contribution >= 4 is 11.8 Å². The fourth-order valence-electron chi connectivity index (χ4n) is 2.64. The van der Waals surface area contributed by atoms with Gasteiger partial charge in [0.15, 0.2) is 5.82 Å². The molecule has 110 valence electrons. The predicted octanol–water partition coefficient (Wildman–Crippen LogP) is 1.32. The average Bonchev–Trinajstić information content (AvgIpc) is 2.41. The van der Waals surface area contributed by atoms with Gasteiger partial charge in [-0.15, -0.1) is 5.10 Å². The molecule has 2 heterocycles. The summed E-state index contributed by atoms with van der Waals surface area (Å²) >= 11 is 0. The Hall–Kier alpha value is -1.69. The Morgan fingerprint density at radius 2 is 2.05 bits per heavy atom. The van der Waals surface area contributed by atoms with E-state index in [9.17, 15) is 9.90 Å². The van der Waals surface area contributed by atoms with Crippen LogP contribution in [0.15, 0.2) is 0 Å². The summed E-state index contributed by atoms with van der Waals surface area (Å²) in [4.78, 5) is 15.8. The van der Waals surface area contributed by atoms with E-state index in [-0.39, 0.29) is 5.56 Å². The van der Waals surface area contributed by atoms with Gasteiger partial charge in [-0.3, -0.25) is 0 Å². The van der Waals surface area contributed by atoms with Gasteiger partial charge >= 0.3 is 5.97 Å². The molecule has 1 N–H and O–H groups in total. The lowest BCUT2D eigenvalue weighted by Gasteiger charge is -2.37. The van der Waals surface area contributed by atoms with Crippen molar-refractivity contribution < 1.29 is 9.90 Å². The van der Waals surface area contributed by atoms with E-state index in [1.165, 1.54) is 0 Å². The number of aromatic nitrogens is 2. The highest BCUT2D eigenvalue weighted by Crippen LogP contribution is 2.26. The first kappa shape index (κ1) is 14.7. The minimum atomic E-state index is -0.928. The first-order chi connectivity index (χ1) is 9.41. The second-order valence-corrected chi connectivity index (χ2v) is 5.62. The van der Waals surface area contributed by atoms with Gasteiger partial charge in [0.2, 0.25) is 0 Å². The zero-order chi connectivity index (χ0) is 14.9. The number of hydrogen-bond acceptors (Lipinski definition) is 5. The molecule has 1 aliphatic rings. The lowest BCUT2D eigenvalue weighted by molar-refractivity contribution is 0.0695. The monoisotopic (exact) mass is 278 g/mol. The topological polar surface area (TPSA) is 69.6 Å². The quantitative estimate of drug-likeness (QED) is 0.899. The summed E-state index contributed by atoms with van der Waals surface area (Å²) in [7, 11) is 4.11. The van der Waals surface area contributed by atoms with Crippen LogP contribution < -0.4 is 4.90 Å². The number of piperidine rings is 1. The zero-order valence-electron chi connectivity index (χ0n) is 12.6. The molecule has 0 spiro atoms. The molecular formula is C14H22N4O2. The number of rotatable bonds is 3. The van der Waals surface area contributed by atoms with E-state index in [2.05, 4.69) is 34.1 Å². The van der Waals surface area contributed by atoms with E-state index in [1.807, 2.05) is 0 Å². The summed E-state index contributed by atoms with van der Waals surface area (Å²) in [5.41, 5.74) is 1.67. The van der Waals surface area contributed by atoms with Crippen molar-refractivity contribution in [3.63, 3.8) is 0 Å². The molecule has 0 aliphatic carbocycles. The van der Waals surface area contributed by atoms with E-state index >= 15 is 0 Å². The SMILES string of the molecule is Cc1nnc(N2CCCC(N(C)C)C2)c(C(=O)O)c1C. The Morgan fingerprint density at radius 1 is 1.35 bits per heavy atom. The largest absolute Gasteiger partial charge is 0.478 e. The van der Waals surface area contributed by atoms with Crippen LogP contribution in [-0.4, -0.2) is 59.4 Å². The number of aromatic carboxylic acids is 1. The number of hydrogen-bond donors (Lipinski definition) is 1. The molecule has 6 nitrogen and oxygen atoms in total. The number of carboxylic acids is 1. The van der Waals surface area contributed by atoms with E-state index in [0.717, 1.165) is 25.9 Å². The molecule has 1 aromatic rings. The molecule has 1 aromatic heterocycles. The van der Waals surface area contributed by atoms with E-state index in [1.54, 1.807) is 13.8 Å². The first-order valence-corrected chi connectivity index (χ1v) is 6.90. The van der Waals surface area contributed by atoms with Crippen molar-refractivity contribution in [2.24, 2.45) is 0 Å². The maximum Gasteiger partial charge on any atom is 0.339 e. The van der Waals surface area contributed by atoms with Crippen molar-refractivity contribution in [3.8, 4) is 0 Å². The summed E-state index contributed by atoms with van der Waals surface area (Å²) in [6.07, 6.45) is 2.17. The summed E-state index contributed by atoms with van der Waals surface area (Å²) in [5, 5.41) is 17.7.